The van der Waals surface area contributed by atoms with Gasteiger partial charge >= 0.3 is 0 Å². The van der Waals surface area contributed by atoms with Crippen molar-refractivity contribution in [3.05, 3.63) is 76.8 Å². The van der Waals surface area contributed by atoms with Crippen molar-refractivity contribution in [2.24, 2.45) is 0 Å². The molecular weight excluding hydrogens is 346 g/mol. The Bertz CT molecular complexity index is 1100. The van der Waals surface area contributed by atoms with Crippen LogP contribution in [0.3, 0.4) is 0 Å². The van der Waals surface area contributed by atoms with Gasteiger partial charge in [-0.3, -0.25) is 4.79 Å². The van der Waals surface area contributed by atoms with Crippen LogP contribution in [0.15, 0.2) is 60.7 Å². The fraction of sp³-hybridized carbons (Fsp3) is 0.0952. The summed E-state index contributed by atoms with van der Waals surface area (Å²) in [6.45, 7) is 0.492. The first kappa shape index (κ1) is 16.5. The lowest BCUT2D eigenvalue weighted by molar-refractivity contribution is -0.120. The van der Waals surface area contributed by atoms with Crippen LogP contribution in [0.4, 0.5) is 5.69 Å². The number of hydrogen-bond acceptors (Lipinski definition) is 2. The molecule has 0 aliphatic carbocycles. The number of aromatic amines is 1. The van der Waals surface area contributed by atoms with Gasteiger partial charge in [-0.05, 0) is 41.5 Å². The van der Waals surface area contributed by atoms with E-state index in [0.717, 1.165) is 32.9 Å². The van der Waals surface area contributed by atoms with Crippen molar-refractivity contribution in [1.29, 1.82) is 0 Å². The minimum atomic E-state index is -0.0136. The lowest BCUT2D eigenvalue weighted by Crippen LogP contribution is -2.24. The zero-order valence-corrected chi connectivity index (χ0v) is 14.8. The van der Waals surface area contributed by atoms with Crippen molar-refractivity contribution in [2.75, 3.05) is 5.73 Å². The summed E-state index contributed by atoms with van der Waals surface area (Å²) >= 11 is 6.06. The normalized spacial score (nSPS) is 11.1. The van der Waals surface area contributed by atoms with E-state index in [4.69, 9.17) is 17.3 Å². The molecule has 0 bridgehead atoms. The maximum absolute atomic E-state index is 12.2. The van der Waals surface area contributed by atoms with Crippen molar-refractivity contribution in [2.45, 2.75) is 13.0 Å². The maximum atomic E-state index is 12.2. The van der Waals surface area contributed by atoms with Gasteiger partial charge in [-0.2, -0.15) is 0 Å². The average molecular weight is 364 g/mol. The number of carbonyl (C=O) groups is 1. The largest absolute Gasteiger partial charge is 0.399 e. The van der Waals surface area contributed by atoms with Crippen molar-refractivity contribution < 1.29 is 4.79 Å². The summed E-state index contributed by atoms with van der Waals surface area (Å²) in [6.07, 6.45) is 0.334. The third kappa shape index (κ3) is 3.37. The van der Waals surface area contributed by atoms with Crippen molar-refractivity contribution in [1.82, 2.24) is 10.3 Å². The Labute approximate surface area is 156 Å². The molecule has 130 valence electrons. The van der Waals surface area contributed by atoms with Crippen LogP contribution in [-0.2, 0) is 17.8 Å². The minimum Gasteiger partial charge on any atom is -0.399 e. The summed E-state index contributed by atoms with van der Waals surface area (Å²) in [5.74, 6) is -0.0136. The highest BCUT2D eigenvalue weighted by molar-refractivity contribution is 6.31. The van der Waals surface area contributed by atoms with E-state index in [2.05, 4.69) is 10.3 Å². The summed E-state index contributed by atoms with van der Waals surface area (Å²) in [7, 11) is 0. The van der Waals surface area contributed by atoms with E-state index in [0.29, 0.717) is 23.7 Å². The first-order chi connectivity index (χ1) is 12.6. The number of H-pyrrole nitrogens is 1. The molecule has 0 aliphatic heterocycles. The number of nitrogen functional groups attached to an aromatic ring is 1. The van der Waals surface area contributed by atoms with Crippen molar-refractivity contribution in [3.8, 4) is 0 Å². The van der Waals surface area contributed by atoms with E-state index in [9.17, 15) is 4.79 Å². The minimum absolute atomic E-state index is 0.0136. The van der Waals surface area contributed by atoms with Gasteiger partial charge in [0.2, 0.25) is 5.91 Å². The number of rotatable bonds is 4. The lowest BCUT2D eigenvalue weighted by Gasteiger charge is -2.06. The maximum Gasteiger partial charge on any atom is 0.224 e. The van der Waals surface area contributed by atoms with Gasteiger partial charge in [0.15, 0.2) is 0 Å². The molecule has 4 nitrogen and oxygen atoms in total. The standard InChI is InChI=1S/C21H18ClN3O/c22-15-4-8-18-17-7-3-14(9-19(17)25-20(18)11-15)10-21(26)24-12-13-1-5-16(23)6-2-13/h1-9,11,25H,10,12,23H2,(H,24,26). The smallest absolute Gasteiger partial charge is 0.224 e. The molecule has 4 rings (SSSR count). The van der Waals surface area contributed by atoms with Crippen LogP contribution < -0.4 is 11.1 Å². The van der Waals surface area contributed by atoms with Crippen LogP contribution in [0, 0.1) is 0 Å². The second kappa shape index (κ2) is 6.73. The second-order valence-corrected chi connectivity index (χ2v) is 6.83. The lowest BCUT2D eigenvalue weighted by atomic mass is 10.1. The number of carbonyl (C=O) groups excluding carboxylic acids is 1. The van der Waals surface area contributed by atoms with Gasteiger partial charge in [0.25, 0.3) is 0 Å². The molecule has 4 N–H and O–H groups in total. The third-order valence-corrected chi connectivity index (χ3v) is 4.69. The Hall–Kier alpha value is -2.98. The molecule has 0 fully saturated rings. The molecule has 0 saturated carbocycles. The van der Waals surface area contributed by atoms with Gasteiger partial charge in [0.05, 0.1) is 6.42 Å². The molecule has 4 aromatic rings. The van der Waals surface area contributed by atoms with Gasteiger partial charge in [-0.1, -0.05) is 41.9 Å². The number of benzene rings is 3. The number of anilines is 1. The van der Waals surface area contributed by atoms with Crippen LogP contribution in [0.2, 0.25) is 5.02 Å². The predicted molar refractivity (Wildman–Crippen MR) is 107 cm³/mol. The van der Waals surface area contributed by atoms with Gasteiger partial charge in [0.1, 0.15) is 0 Å². The number of fused-ring (bicyclic) bond motifs is 3. The molecule has 5 heteroatoms. The van der Waals surface area contributed by atoms with E-state index in [1.165, 1.54) is 0 Å². The Morgan fingerprint density at radius 3 is 2.35 bits per heavy atom. The van der Waals surface area contributed by atoms with Crippen molar-refractivity contribution in [3.63, 3.8) is 0 Å². The van der Waals surface area contributed by atoms with Crippen LogP contribution in [0.25, 0.3) is 21.8 Å². The third-order valence-electron chi connectivity index (χ3n) is 4.46. The molecule has 0 unspecified atom stereocenters. The molecule has 0 saturated heterocycles. The van der Waals surface area contributed by atoms with Gasteiger partial charge in [0, 0.05) is 39.1 Å². The molecule has 26 heavy (non-hydrogen) atoms. The Balaban J connectivity index is 1.48. The fourth-order valence-electron chi connectivity index (χ4n) is 3.12. The van der Waals surface area contributed by atoms with E-state index < -0.39 is 0 Å². The summed E-state index contributed by atoms with van der Waals surface area (Å²) in [5, 5.41) is 5.90. The van der Waals surface area contributed by atoms with Crippen molar-refractivity contribution >= 4 is 45.0 Å². The predicted octanol–water partition coefficient (Wildman–Crippen LogP) is 4.42. The average Bonchev–Trinajstić information content (AvgIpc) is 2.97. The summed E-state index contributed by atoms with van der Waals surface area (Å²) in [4.78, 5) is 15.6. The molecule has 0 atom stereocenters. The summed E-state index contributed by atoms with van der Waals surface area (Å²) < 4.78 is 0. The van der Waals surface area contributed by atoms with Crippen LogP contribution >= 0.6 is 11.6 Å². The molecule has 1 amide bonds. The number of halogens is 1. The molecule has 0 radical (unpaired) electrons. The highest BCUT2D eigenvalue weighted by Gasteiger charge is 2.08. The highest BCUT2D eigenvalue weighted by atomic mass is 35.5. The van der Waals surface area contributed by atoms with E-state index in [-0.39, 0.29) is 5.91 Å². The van der Waals surface area contributed by atoms with E-state index in [1.807, 2.05) is 60.7 Å². The van der Waals surface area contributed by atoms with Crippen LogP contribution in [0.1, 0.15) is 11.1 Å². The number of amides is 1. The molecule has 1 aromatic heterocycles. The summed E-state index contributed by atoms with van der Waals surface area (Å²) in [5.41, 5.74) is 10.4. The Morgan fingerprint density at radius 2 is 1.58 bits per heavy atom. The zero-order chi connectivity index (χ0) is 18.1. The quantitative estimate of drug-likeness (QED) is 0.470. The first-order valence-corrected chi connectivity index (χ1v) is 8.77. The Morgan fingerprint density at radius 1 is 0.923 bits per heavy atom. The second-order valence-electron chi connectivity index (χ2n) is 6.39. The van der Waals surface area contributed by atoms with E-state index >= 15 is 0 Å². The fourth-order valence-corrected chi connectivity index (χ4v) is 3.30. The number of nitrogens with two attached hydrogens (primary N) is 1. The summed E-state index contributed by atoms with van der Waals surface area (Å²) in [6, 6.07) is 19.4. The molecule has 1 heterocycles. The number of aromatic nitrogens is 1. The SMILES string of the molecule is Nc1ccc(CNC(=O)Cc2ccc3c(c2)[nH]c2cc(Cl)ccc23)cc1. The monoisotopic (exact) mass is 363 g/mol. The number of nitrogens with one attached hydrogen (secondary N) is 2. The van der Waals surface area contributed by atoms with Gasteiger partial charge in [-0.15, -0.1) is 0 Å². The first-order valence-electron chi connectivity index (χ1n) is 8.39. The zero-order valence-electron chi connectivity index (χ0n) is 14.1. The molecule has 0 spiro atoms. The number of hydrogen-bond donors (Lipinski definition) is 3. The van der Waals surface area contributed by atoms with Crippen LogP contribution in [-0.4, -0.2) is 10.9 Å². The molecule has 0 aliphatic rings. The van der Waals surface area contributed by atoms with Gasteiger partial charge in [-0.25, -0.2) is 0 Å². The van der Waals surface area contributed by atoms with Crippen LogP contribution in [0.5, 0.6) is 0 Å². The highest BCUT2D eigenvalue weighted by Crippen LogP contribution is 2.28. The Kier molecular flexibility index (Phi) is 4.27. The van der Waals surface area contributed by atoms with Gasteiger partial charge < -0.3 is 16.0 Å². The molecule has 3 aromatic carbocycles. The van der Waals surface area contributed by atoms with E-state index in [1.54, 1.807) is 0 Å². The molecular formula is C21H18ClN3O. The topological polar surface area (TPSA) is 70.9 Å².